The Kier molecular flexibility index (Phi) is 7.38. The van der Waals surface area contributed by atoms with Gasteiger partial charge in [-0.05, 0) is 26.8 Å². The normalized spacial score (nSPS) is 13.2. The lowest BCUT2D eigenvalue weighted by Gasteiger charge is -2.28. The van der Waals surface area contributed by atoms with Crippen LogP contribution in [0.4, 0.5) is 0 Å². The van der Waals surface area contributed by atoms with Gasteiger partial charge in [0.25, 0.3) is 0 Å². The summed E-state index contributed by atoms with van der Waals surface area (Å²) in [6.07, 6.45) is 2.30. The van der Waals surface area contributed by atoms with E-state index in [1.807, 2.05) is 20.9 Å². The Morgan fingerprint density at radius 1 is 1.32 bits per heavy atom. The molecule has 0 spiro atoms. The molecule has 1 heterocycles. The van der Waals surface area contributed by atoms with Gasteiger partial charge in [0.05, 0.1) is 16.9 Å². The zero-order valence-corrected chi connectivity index (χ0v) is 12.9. The third kappa shape index (κ3) is 4.45. The van der Waals surface area contributed by atoms with Gasteiger partial charge in [0.1, 0.15) is 6.04 Å². The summed E-state index contributed by atoms with van der Waals surface area (Å²) in [5.74, 6) is 0. The molecule has 0 bridgehead atoms. The smallest absolute Gasteiger partial charge is 0.178 e. The van der Waals surface area contributed by atoms with Crippen LogP contribution in [-0.4, -0.2) is 35.8 Å². The van der Waals surface area contributed by atoms with Crippen molar-refractivity contribution in [1.29, 1.82) is 0 Å². The van der Waals surface area contributed by atoms with Gasteiger partial charge in [-0.3, -0.25) is 4.68 Å². The van der Waals surface area contributed by atoms with Gasteiger partial charge in [-0.15, -0.1) is 0 Å². The zero-order chi connectivity index (χ0) is 14.3. The SMILES string of the molecule is CCCNC(c1c(Cl)cnn1C)C(OCC)OCC. The molecule has 19 heavy (non-hydrogen) atoms. The molecule has 1 aromatic rings. The van der Waals surface area contributed by atoms with Gasteiger partial charge in [0.2, 0.25) is 0 Å². The average molecular weight is 290 g/mol. The molecule has 6 heteroatoms. The molecule has 0 fully saturated rings. The first-order valence-electron chi connectivity index (χ1n) is 6.79. The number of rotatable bonds is 9. The lowest BCUT2D eigenvalue weighted by Crippen LogP contribution is -2.37. The van der Waals surface area contributed by atoms with Gasteiger partial charge in [-0.2, -0.15) is 5.10 Å². The highest BCUT2D eigenvalue weighted by Crippen LogP contribution is 2.26. The van der Waals surface area contributed by atoms with E-state index >= 15 is 0 Å². The first-order valence-corrected chi connectivity index (χ1v) is 7.17. The van der Waals surface area contributed by atoms with E-state index in [2.05, 4.69) is 17.3 Å². The molecule has 0 aromatic carbocycles. The van der Waals surface area contributed by atoms with Crippen molar-refractivity contribution >= 4 is 11.6 Å². The number of nitrogens with zero attached hydrogens (tertiary/aromatic N) is 2. The number of aromatic nitrogens is 2. The van der Waals surface area contributed by atoms with E-state index in [1.165, 1.54) is 0 Å². The Morgan fingerprint density at radius 3 is 2.37 bits per heavy atom. The second-order valence-corrected chi connectivity index (χ2v) is 4.62. The standard InChI is InChI=1S/C13H24ClN3O2/c1-5-8-15-11(13(18-6-2)19-7-3)12-10(14)9-16-17(12)4/h9,11,13,15H,5-8H2,1-4H3. The molecule has 0 aliphatic carbocycles. The monoisotopic (exact) mass is 289 g/mol. The van der Waals surface area contributed by atoms with Crippen LogP contribution >= 0.6 is 11.6 Å². The minimum absolute atomic E-state index is 0.125. The minimum Gasteiger partial charge on any atom is -0.351 e. The number of nitrogens with one attached hydrogen (secondary N) is 1. The van der Waals surface area contributed by atoms with Crippen molar-refractivity contribution in [3.05, 3.63) is 16.9 Å². The Bertz CT molecular complexity index is 345. The van der Waals surface area contributed by atoms with Gasteiger partial charge in [-0.25, -0.2) is 0 Å². The van der Waals surface area contributed by atoms with Crippen LogP contribution in [0.2, 0.25) is 5.02 Å². The van der Waals surface area contributed by atoms with Crippen molar-refractivity contribution in [2.75, 3.05) is 19.8 Å². The largest absolute Gasteiger partial charge is 0.351 e. The fourth-order valence-electron chi connectivity index (χ4n) is 1.96. The van der Waals surface area contributed by atoms with Crippen LogP contribution in [0.5, 0.6) is 0 Å². The maximum absolute atomic E-state index is 6.23. The van der Waals surface area contributed by atoms with Crippen molar-refractivity contribution < 1.29 is 9.47 Å². The summed E-state index contributed by atoms with van der Waals surface area (Å²) >= 11 is 6.23. The molecule has 1 aromatic heterocycles. The lowest BCUT2D eigenvalue weighted by molar-refractivity contribution is -0.156. The summed E-state index contributed by atoms with van der Waals surface area (Å²) in [4.78, 5) is 0. The van der Waals surface area contributed by atoms with Crippen LogP contribution in [-0.2, 0) is 16.5 Å². The van der Waals surface area contributed by atoms with Crippen molar-refractivity contribution in [2.24, 2.45) is 7.05 Å². The van der Waals surface area contributed by atoms with Gasteiger partial charge in [0, 0.05) is 20.3 Å². The molecular formula is C13H24ClN3O2. The van der Waals surface area contributed by atoms with Crippen LogP contribution in [0.25, 0.3) is 0 Å². The predicted octanol–water partition coefficient (Wildman–Crippen LogP) is 2.51. The summed E-state index contributed by atoms with van der Waals surface area (Å²) < 4.78 is 13.1. The second-order valence-electron chi connectivity index (χ2n) is 4.21. The molecule has 1 rings (SSSR count). The molecule has 0 aliphatic rings. The van der Waals surface area contributed by atoms with E-state index in [-0.39, 0.29) is 12.3 Å². The maximum Gasteiger partial charge on any atom is 0.178 e. The number of hydrogen-bond donors (Lipinski definition) is 1. The van der Waals surface area contributed by atoms with Crippen LogP contribution in [0.15, 0.2) is 6.20 Å². The van der Waals surface area contributed by atoms with Crippen LogP contribution < -0.4 is 5.32 Å². The van der Waals surface area contributed by atoms with Crippen molar-refractivity contribution in [1.82, 2.24) is 15.1 Å². The third-order valence-corrected chi connectivity index (χ3v) is 3.07. The molecule has 5 nitrogen and oxygen atoms in total. The molecule has 1 atom stereocenters. The molecule has 0 amide bonds. The Labute approximate surface area is 120 Å². The summed E-state index contributed by atoms with van der Waals surface area (Å²) in [5.41, 5.74) is 0.891. The first kappa shape index (κ1) is 16.4. The highest BCUT2D eigenvalue weighted by atomic mass is 35.5. The Hall–Kier alpha value is -0.620. The summed E-state index contributed by atoms with van der Waals surface area (Å²) in [5, 5.41) is 8.23. The molecular weight excluding hydrogens is 266 g/mol. The van der Waals surface area contributed by atoms with E-state index in [1.54, 1.807) is 10.9 Å². The van der Waals surface area contributed by atoms with Gasteiger partial charge < -0.3 is 14.8 Å². The lowest BCUT2D eigenvalue weighted by atomic mass is 10.2. The number of hydrogen-bond acceptors (Lipinski definition) is 4. The van der Waals surface area contributed by atoms with Crippen LogP contribution in [0, 0.1) is 0 Å². The maximum atomic E-state index is 6.23. The Balaban J connectivity index is 2.97. The van der Waals surface area contributed by atoms with Gasteiger partial charge >= 0.3 is 0 Å². The predicted molar refractivity (Wildman–Crippen MR) is 76.3 cm³/mol. The molecule has 0 saturated heterocycles. The fraction of sp³-hybridized carbons (Fsp3) is 0.769. The van der Waals surface area contributed by atoms with Gasteiger partial charge in [0.15, 0.2) is 6.29 Å². The minimum atomic E-state index is -0.366. The molecule has 0 radical (unpaired) electrons. The number of halogens is 1. The fourth-order valence-corrected chi connectivity index (χ4v) is 2.24. The topological polar surface area (TPSA) is 48.3 Å². The zero-order valence-electron chi connectivity index (χ0n) is 12.1. The van der Waals surface area contributed by atoms with E-state index in [4.69, 9.17) is 21.1 Å². The van der Waals surface area contributed by atoms with E-state index < -0.39 is 0 Å². The third-order valence-electron chi connectivity index (χ3n) is 2.78. The summed E-state index contributed by atoms with van der Waals surface area (Å²) in [7, 11) is 1.87. The van der Waals surface area contributed by atoms with E-state index in [9.17, 15) is 0 Å². The molecule has 1 unspecified atom stereocenters. The summed E-state index contributed by atoms with van der Waals surface area (Å²) in [6.45, 7) is 8.06. The van der Waals surface area contributed by atoms with Crippen LogP contribution in [0.3, 0.4) is 0 Å². The Morgan fingerprint density at radius 2 is 1.95 bits per heavy atom. The number of ether oxygens (including phenoxy) is 2. The van der Waals surface area contributed by atoms with E-state index in [0.29, 0.717) is 18.2 Å². The van der Waals surface area contributed by atoms with Gasteiger partial charge in [-0.1, -0.05) is 18.5 Å². The molecule has 0 aliphatic heterocycles. The number of aryl methyl sites for hydroxylation is 1. The molecule has 110 valence electrons. The summed E-state index contributed by atoms with van der Waals surface area (Å²) in [6, 6.07) is -0.125. The van der Waals surface area contributed by atoms with Crippen molar-refractivity contribution in [3.63, 3.8) is 0 Å². The quantitative estimate of drug-likeness (QED) is 0.710. The highest BCUT2D eigenvalue weighted by molar-refractivity contribution is 6.31. The van der Waals surface area contributed by atoms with Crippen LogP contribution in [0.1, 0.15) is 38.9 Å². The van der Waals surface area contributed by atoms with E-state index in [0.717, 1.165) is 18.7 Å². The molecule has 0 saturated carbocycles. The highest BCUT2D eigenvalue weighted by Gasteiger charge is 2.28. The van der Waals surface area contributed by atoms with Crippen molar-refractivity contribution in [3.8, 4) is 0 Å². The molecule has 1 N–H and O–H groups in total. The van der Waals surface area contributed by atoms with Crippen molar-refractivity contribution in [2.45, 2.75) is 39.5 Å². The second kappa shape index (κ2) is 8.53. The first-order chi connectivity index (χ1) is 9.15. The average Bonchev–Trinajstić information content (AvgIpc) is 2.71.